The monoisotopic (exact) mass is 402 g/mol. The molecule has 1 aliphatic rings. The Labute approximate surface area is 171 Å². The van der Waals surface area contributed by atoms with E-state index in [4.69, 9.17) is 21.1 Å². The molecule has 0 radical (unpaired) electrons. The molecule has 0 aliphatic heterocycles. The average molecular weight is 403 g/mol. The van der Waals surface area contributed by atoms with Crippen LogP contribution in [0.2, 0.25) is 0 Å². The molecule has 0 spiro atoms. The Bertz CT molecular complexity index is 896. The second-order valence-corrected chi connectivity index (χ2v) is 7.63. The summed E-state index contributed by atoms with van der Waals surface area (Å²) >= 11 is 6.37. The summed E-state index contributed by atoms with van der Waals surface area (Å²) < 4.78 is 12.9. The van der Waals surface area contributed by atoms with E-state index in [1.165, 1.54) is 7.11 Å². The first kappa shape index (κ1) is 20.5. The van der Waals surface area contributed by atoms with Gasteiger partial charge in [-0.2, -0.15) is 5.10 Å². The number of rotatable bonds is 8. The molecule has 3 rings (SSSR count). The smallest absolute Gasteiger partial charge is 0.337 e. The number of aromatic nitrogens is 2. The molecule has 2 aromatic rings. The number of halogens is 1. The van der Waals surface area contributed by atoms with Crippen molar-refractivity contribution in [2.75, 3.05) is 13.7 Å². The van der Waals surface area contributed by atoms with Crippen molar-refractivity contribution >= 4 is 28.5 Å². The molecule has 1 aromatic heterocycles. The zero-order chi connectivity index (χ0) is 20.1. The van der Waals surface area contributed by atoms with Crippen molar-refractivity contribution in [3.8, 4) is 0 Å². The van der Waals surface area contributed by atoms with E-state index in [1.807, 2.05) is 22.9 Å². The fourth-order valence-electron chi connectivity index (χ4n) is 3.34. The number of methoxy groups -OCH3 is 1. The standard InChI is InChI=1S/C22H27ClN2O3/c1-4-15(5-2)14-28-21-9-8-19(23)10-18(21)13-25-20-11-16(22(26)27-3)6-7-17(20)12-24-25/h6-7,9-12,15,19H,4-5,8,13-14H2,1-3H3. The van der Waals surface area contributed by atoms with Crippen LogP contribution in [0.1, 0.15) is 43.5 Å². The van der Waals surface area contributed by atoms with E-state index >= 15 is 0 Å². The maximum Gasteiger partial charge on any atom is 0.337 e. The van der Waals surface area contributed by atoms with Gasteiger partial charge in [0.1, 0.15) is 5.76 Å². The number of hydrogen-bond donors (Lipinski definition) is 0. The van der Waals surface area contributed by atoms with Crippen LogP contribution < -0.4 is 0 Å². The van der Waals surface area contributed by atoms with E-state index < -0.39 is 0 Å². The molecule has 0 saturated heterocycles. The number of benzene rings is 1. The topological polar surface area (TPSA) is 53.4 Å². The van der Waals surface area contributed by atoms with Crippen molar-refractivity contribution in [2.24, 2.45) is 5.92 Å². The summed E-state index contributed by atoms with van der Waals surface area (Å²) in [4.78, 5) is 11.9. The van der Waals surface area contributed by atoms with Crippen LogP contribution in [0.15, 0.2) is 47.9 Å². The number of alkyl halides is 1. The van der Waals surface area contributed by atoms with Gasteiger partial charge in [-0.3, -0.25) is 4.68 Å². The normalized spacial score (nSPS) is 16.8. The minimum absolute atomic E-state index is 0.0528. The minimum atomic E-state index is -0.360. The van der Waals surface area contributed by atoms with Gasteiger partial charge in [-0.05, 0) is 30.5 Å². The van der Waals surface area contributed by atoms with Gasteiger partial charge in [0.15, 0.2) is 0 Å². The van der Waals surface area contributed by atoms with Gasteiger partial charge in [-0.1, -0.05) is 38.8 Å². The Morgan fingerprint density at radius 1 is 1.36 bits per heavy atom. The van der Waals surface area contributed by atoms with Crippen LogP contribution in [0.3, 0.4) is 0 Å². The first-order valence-electron chi connectivity index (χ1n) is 9.77. The van der Waals surface area contributed by atoms with Crippen molar-refractivity contribution in [3.05, 3.63) is 53.4 Å². The lowest BCUT2D eigenvalue weighted by molar-refractivity contribution is 0.0601. The Morgan fingerprint density at radius 3 is 2.86 bits per heavy atom. The van der Waals surface area contributed by atoms with Gasteiger partial charge in [0.05, 0.1) is 42.9 Å². The van der Waals surface area contributed by atoms with E-state index in [2.05, 4.69) is 25.0 Å². The summed E-state index contributed by atoms with van der Waals surface area (Å²) in [7, 11) is 1.38. The predicted molar refractivity (Wildman–Crippen MR) is 112 cm³/mol. The summed E-state index contributed by atoms with van der Waals surface area (Å²) in [6.45, 7) is 5.61. The lowest BCUT2D eigenvalue weighted by atomic mass is 10.0. The largest absolute Gasteiger partial charge is 0.493 e. The van der Waals surface area contributed by atoms with Gasteiger partial charge >= 0.3 is 5.97 Å². The maximum atomic E-state index is 11.9. The van der Waals surface area contributed by atoms with Crippen LogP contribution in [-0.4, -0.2) is 34.8 Å². The lowest BCUT2D eigenvalue weighted by Gasteiger charge is -2.22. The number of hydrogen-bond acceptors (Lipinski definition) is 4. The number of esters is 1. The maximum absolute atomic E-state index is 11.9. The van der Waals surface area contributed by atoms with E-state index in [1.54, 1.807) is 12.3 Å². The van der Waals surface area contributed by atoms with Gasteiger partial charge in [0.2, 0.25) is 0 Å². The number of nitrogens with zero attached hydrogens (tertiary/aromatic N) is 2. The van der Waals surface area contributed by atoms with Crippen molar-refractivity contribution in [1.29, 1.82) is 0 Å². The van der Waals surface area contributed by atoms with Gasteiger partial charge < -0.3 is 9.47 Å². The van der Waals surface area contributed by atoms with Crippen LogP contribution in [-0.2, 0) is 16.0 Å². The minimum Gasteiger partial charge on any atom is -0.493 e. The Morgan fingerprint density at radius 2 is 2.14 bits per heavy atom. The third kappa shape index (κ3) is 4.58. The molecule has 1 heterocycles. The highest BCUT2D eigenvalue weighted by Crippen LogP contribution is 2.27. The Balaban J connectivity index is 1.83. The number of ether oxygens (including phenoxy) is 2. The number of allylic oxidation sites excluding steroid dienone is 3. The second-order valence-electron chi connectivity index (χ2n) is 7.07. The molecule has 28 heavy (non-hydrogen) atoms. The molecule has 1 atom stereocenters. The summed E-state index contributed by atoms with van der Waals surface area (Å²) in [5.74, 6) is 1.07. The molecule has 0 bridgehead atoms. The lowest BCUT2D eigenvalue weighted by Crippen LogP contribution is -2.15. The molecule has 1 unspecified atom stereocenters. The molecule has 150 valence electrons. The first-order chi connectivity index (χ1) is 13.5. The molecular weight excluding hydrogens is 376 g/mol. The highest BCUT2D eigenvalue weighted by Gasteiger charge is 2.19. The second kappa shape index (κ2) is 9.28. The number of carbonyl (C=O) groups excluding carboxylic acids is 1. The quantitative estimate of drug-likeness (QED) is 0.455. The molecule has 5 nitrogen and oxygen atoms in total. The zero-order valence-electron chi connectivity index (χ0n) is 16.7. The molecule has 1 aromatic carbocycles. The molecule has 0 N–H and O–H groups in total. The van der Waals surface area contributed by atoms with Crippen LogP contribution in [0.4, 0.5) is 0 Å². The molecule has 0 amide bonds. The van der Waals surface area contributed by atoms with E-state index in [0.29, 0.717) is 24.6 Å². The summed E-state index contributed by atoms with van der Waals surface area (Å²) in [5.41, 5.74) is 2.40. The molecular formula is C22H27ClN2O3. The third-order valence-corrected chi connectivity index (χ3v) is 5.55. The Kier molecular flexibility index (Phi) is 6.79. The van der Waals surface area contributed by atoms with Crippen molar-refractivity contribution in [1.82, 2.24) is 9.78 Å². The summed E-state index contributed by atoms with van der Waals surface area (Å²) in [6, 6.07) is 5.44. The van der Waals surface area contributed by atoms with Crippen molar-refractivity contribution < 1.29 is 14.3 Å². The van der Waals surface area contributed by atoms with Crippen LogP contribution in [0, 0.1) is 5.92 Å². The van der Waals surface area contributed by atoms with E-state index in [-0.39, 0.29) is 11.3 Å². The number of fused-ring (bicyclic) bond motifs is 1. The zero-order valence-corrected chi connectivity index (χ0v) is 17.4. The van der Waals surface area contributed by atoms with Gasteiger partial charge in [-0.15, -0.1) is 11.6 Å². The highest BCUT2D eigenvalue weighted by molar-refractivity contribution is 6.22. The number of carbonyl (C=O) groups is 1. The van der Waals surface area contributed by atoms with Crippen molar-refractivity contribution in [2.45, 2.75) is 45.0 Å². The fraction of sp³-hybridized carbons (Fsp3) is 0.455. The van der Waals surface area contributed by atoms with Crippen LogP contribution >= 0.6 is 11.6 Å². The SMILES string of the molecule is CCC(CC)COC1=CCC(Cl)C=C1Cn1ncc2ccc(C(=O)OC)cc21. The summed E-state index contributed by atoms with van der Waals surface area (Å²) in [5, 5.41) is 5.42. The molecule has 0 fully saturated rings. The van der Waals surface area contributed by atoms with Crippen LogP contribution in [0.25, 0.3) is 10.9 Å². The average Bonchev–Trinajstić information content (AvgIpc) is 3.11. The molecule has 0 saturated carbocycles. The summed E-state index contributed by atoms with van der Waals surface area (Å²) in [6.07, 6.45) is 8.87. The highest BCUT2D eigenvalue weighted by atomic mass is 35.5. The van der Waals surface area contributed by atoms with E-state index in [0.717, 1.165) is 41.5 Å². The predicted octanol–water partition coefficient (Wildman–Crippen LogP) is 5.10. The van der Waals surface area contributed by atoms with Gasteiger partial charge in [-0.25, -0.2) is 4.79 Å². The van der Waals surface area contributed by atoms with Gasteiger partial charge in [0.25, 0.3) is 0 Å². The Hall–Kier alpha value is -2.27. The molecule has 6 heteroatoms. The molecule has 1 aliphatic carbocycles. The third-order valence-electron chi connectivity index (χ3n) is 5.24. The first-order valence-corrected chi connectivity index (χ1v) is 10.2. The van der Waals surface area contributed by atoms with Crippen LogP contribution in [0.5, 0.6) is 0 Å². The van der Waals surface area contributed by atoms with E-state index in [9.17, 15) is 4.79 Å². The fourth-order valence-corrected chi connectivity index (χ4v) is 3.58. The van der Waals surface area contributed by atoms with Gasteiger partial charge in [0, 0.05) is 11.0 Å². The van der Waals surface area contributed by atoms with Crippen molar-refractivity contribution in [3.63, 3.8) is 0 Å².